The number of esters is 1. The van der Waals surface area contributed by atoms with Crippen LogP contribution in [-0.4, -0.2) is 34.5 Å². The van der Waals surface area contributed by atoms with Crippen molar-refractivity contribution >= 4 is 23.4 Å². The van der Waals surface area contributed by atoms with Crippen molar-refractivity contribution in [1.82, 2.24) is 0 Å². The van der Waals surface area contributed by atoms with Crippen molar-refractivity contribution in [2.75, 3.05) is 12.4 Å². The number of carbonyl (C=O) groups excluding carboxylic acids is 1. The van der Waals surface area contributed by atoms with Gasteiger partial charge in [0.15, 0.2) is 0 Å². The zero-order valence-electron chi connectivity index (χ0n) is 9.39. The molecule has 5 heteroatoms. The quantitative estimate of drug-likeness (QED) is 0.465. The van der Waals surface area contributed by atoms with Gasteiger partial charge >= 0.3 is 5.97 Å². The molecule has 2 rings (SSSR count). The van der Waals surface area contributed by atoms with Gasteiger partial charge in [-0.3, -0.25) is 4.79 Å². The molecule has 2 bridgehead atoms. The molecule has 3 unspecified atom stereocenters. The lowest BCUT2D eigenvalue weighted by atomic mass is 9.98. The number of carbonyl (C=O) groups is 1. The van der Waals surface area contributed by atoms with Crippen LogP contribution in [0.25, 0.3) is 0 Å². The molecular weight excluding hydrogens is 226 g/mol. The van der Waals surface area contributed by atoms with Crippen LogP contribution in [-0.2, 0) is 9.53 Å². The van der Waals surface area contributed by atoms with E-state index in [1.54, 1.807) is 18.7 Å². The van der Waals surface area contributed by atoms with Crippen LogP contribution >= 0.6 is 11.8 Å². The third-order valence-electron chi connectivity index (χ3n) is 3.41. The van der Waals surface area contributed by atoms with Crippen LogP contribution in [0, 0.1) is 11.8 Å². The molecule has 0 aliphatic heterocycles. The number of ether oxygens (including phenoxy) is 1. The van der Waals surface area contributed by atoms with E-state index >= 15 is 0 Å². The number of rotatable bonds is 4. The average molecular weight is 243 g/mol. The summed E-state index contributed by atoms with van der Waals surface area (Å²) in [7, 11) is 0. The monoisotopic (exact) mass is 243 g/mol. The maximum atomic E-state index is 11.3. The van der Waals surface area contributed by atoms with Gasteiger partial charge in [-0.15, -0.1) is 11.8 Å². The summed E-state index contributed by atoms with van der Waals surface area (Å²) < 4.78 is 4.89. The summed E-state index contributed by atoms with van der Waals surface area (Å²) in [4.78, 5) is 11.3. The van der Waals surface area contributed by atoms with Crippen LogP contribution in [0.2, 0.25) is 0 Å². The van der Waals surface area contributed by atoms with Crippen molar-refractivity contribution in [2.24, 2.45) is 17.0 Å². The Bertz CT molecular complexity index is 306. The Kier molecular flexibility index (Phi) is 3.74. The van der Waals surface area contributed by atoms with Gasteiger partial charge in [-0.1, -0.05) is 5.16 Å². The van der Waals surface area contributed by atoms with Crippen LogP contribution in [0.3, 0.4) is 0 Å². The molecular formula is C11H17NO3S. The summed E-state index contributed by atoms with van der Waals surface area (Å²) in [5.41, 5.74) is 0.894. The van der Waals surface area contributed by atoms with E-state index in [-0.39, 0.29) is 11.2 Å². The van der Waals surface area contributed by atoms with Crippen molar-refractivity contribution in [3.05, 3.63) is 0 Å². The molecule has 4 nitrogen and oxygen atoms in total. The second kappa shape index (κ2) is 5.08. The maximum Gasteiger partial charge on any atom is 0.315 e. The maximum absolute atomic E-state index is 11.3. The van der Waals surface area contributed by atoms with E-state index in [1.807, 2.05) is 0 Å². The van der Waals surface area contributed by atoms with Gasteiger partial charge in [-0.05, 0) is 32.1 Å². The van der Waals surface area contributed by atoms with Crippen molar-refractivity contribution in [3.8, 4) is 0 Å². The van der Waals surface area contributed by atoms with Crippen LogP contribution in [0.15, 0.2) is 5.16 Å². The molecule has 2 aliphatic rings. The lowest BCUT2D eigenvalue weighted by Gasteiger charge is -2.21. The molecule has 0 amide bonds. The van der Waals surface area contributed by atoms with E-state index < -0.39 is 0 Å². The second-order valence-electron chi connectivity index (χ2n) is 4.33. The van der Waals surface area contributed by atoms with Gasteiger partial charge in [0.05, 0.1) is 23.3 Å². The van der Waals surface area contributed by atoms with E-state index in [2.05, 4.69) is 5.16 Å². The summed E-state index contributed by atoms with van der Waals surface area (Å²) in [6.45, 7) is 2.23. The van der Waals surface area contributed by atoms with E-state index in [9.17, 15) is 4.79 Å². The number of fused-ring (bicyclic) bond motifs is 2. The lowest BCUT2D eigenvalue weighted by molar-refractivity contribution is -0.139. The largest absolute Gasteiger partial charge is 0.465 e. The summed E-state index contributed by atoms with van der Waals surface area (Å²) in [5.74, 6) is 1.23. The standard InChI is InChI=1S/C11H17NO3S/c1-2-15-9(13)6-16-11-8-4-3-7(5-8)10(11)12-14/h7-8,11,14H,2-6H2,1H3. The molecule has 90 valence electrons. The Morgan fingerprint density at radius 2 is 2.44 bits per heavy atom. The SMILES string of the molecule is CCOC(=O)CSC1C(=NO)C2CCC1C2. The Labute approximate surface area is 99.4 Å². The molecule has 2 saturated carbocycles. The summed E-state index contributed by atoms with van der Waals surface area (Å²) in [6.07, 6.45) is 3.46. The van der Waals surface area contributed by atoms with Crippen molar-refractivity contribution < 1.29 is 14.7 Å². The minimum Gasteiger partial charge on any atom is -0.465 e. The number of hydrogen-bond donors (Lipinski definition) is 1. The van der Waals surface area contributed by atoms with E-state index in [0.29, 0.717) is 24.2 Å². The fraction of sp³-hybridized carbons (Fsp3) is 0.818. The summed E-state index contributed by atoms with van der Waals surface area (Å²) >= 11 is 1.56. The van der Waals surface area contributed by atoms with Crippen molar-refractivity contribution in [1.29, 1.82) is 0 Å². The van der Waals surface area contributed by atoms with Crippen LogP contribution in [0.1, 0.15) is 26.2 Å². The molecule has 0 saturated heterocycles. The third kappa shape index (κ3) is 2.19. The first-order chi connectivity index (χ1) is 7.76. The van der Waals surface area contributed by atoms with Gasteiger partial charge in [-0.2, -0.15) is 0 Å². The Hall–Kier alpha value is -0.710. The molecule has 0 aromatic heterocycles. The predicted molar refractivity (Wildman–Crippen MR) is 62.9 cm³/mol. The third-order valence-corrected chi connectivity index (χ3v) is 4.80. The number of nitrogens with zero attached hydrogens (tertiary/aromatic N) is 1. The van der Waals surface area contributed by atoms with Crippen molar-refractivity contribution in [3.63, 3.8) is 0 Å². The Morgan fingerprint density at radius 1 is 1.62 bits per heavy atom. The van der Waals surface area contributed by atoms with Gasteiger partial charge in [0.2, 0.25) is 0 Å². The van der Waals surface area contributed by atoms with Gasteiger partial charge in [0.25, 0.3) is 0 Å². The highest BCUT2D eigenvalue weighted by Crippen LogP contribution is 2.47. The Morgan fingerprint density at radius 3 is 3.12 bits per heavy atom. The van der Waals surface area contributed by atoms with Gasteiger partial charge in [-0.25, -0.2) is 0 Å². The highest BCUT2D eigenvalue weighted by Gasteiger charge is 2.45. The number of thioether (sulfide) groups is 1. The molecule has 0 aromatic rings. The normalized spacial score (nSPS) is 34.6. The van der Waals surface area contributed by atoms with E-state index in [4.69, 9.17) is 9.94 Å². The molecule has 0 spiro atoms. The van der Waals surface area contributed by atoms with Gasteiger partial charge < -0.3 is 9.94 Å². The van der Waals surface area contributed by atoms with Crippen molar-refractivity contribution in [2.45, 2.75) is 31.4 Å². The number of hydrogen-bond acceptors (Lipinski definition) is 5. The first kappa shape index (κ1) is 11.8. The van der Waals surface area contributed by atoms with Crippen LogP contribution < -0.4 is 0 Å². The molecule has 0 aromatic carbocycles. The highest BCUT2D eigenvalue weighted by atomic mass is 32.2. The molecule has 0 heterocycles. The summed E-state index contributed by atoms with van der Waals surface area (Å²) in [6, 6.07) is 0. The predicted octanol–water partition coefficient (Wildman–Crippen LogP) is 1.91. The average Bonchev–Trinajstić information content (AvgIpc) is 2.86. The molecule has 2 fully saturated rings. The van der Waals surface area contributed by atoms with Crippen LogP contribution in [0.4, 0.5) is 0 Å². The lowest BCUT2D eigenvalue weighted by Crippen LogP contribution is -2.26. The number of oxime groups is 1. The zero-order chi connectivity index (χ0) is 11.5. The first-order valence-electron chi connectivity index (χ1n) is 5.75. The van der Waals surface area contributed by atoms with E-state index in [1.165, 1.54) is 6.42 Å². The van der Waals surface area contributed by atoms with E-state index in [0.717, 1.165) is 18.6 Å². The molecule has 0 radical (unpaired) electrons. The molecule has 16 heavy (non-hydrogen) atoms. The topological polar surface area (TPSA) is 58.9 Å². The van der Waals surface area contributed by atoms with Crippen LogP contribution in [0.5, 0.6) is 0 Å². The molecule has 1 N–H and O–H groups in total. The molecule has 3 atom stereocenters. The Balaban J connectivity index is 1.87. The minimum atomic E-state index is -0.174. The fourth-order valence-electron chi connectivity index (χ4n) is 2.75. The highest BCUT2D eigenvalue weighted by molar-refractivity contribution is 8.01. The second-order valence-corrected chi connectivity index (χ2v) is 5.46. The molecule has 2 aliphatic carbocycles. The fourth-order valence-corrected chi connectivity index (χ4v) is 4.08. The smallest absolute Gasteiger partial charge is 0.315 e. The first-order valence-corrected chi connectivity index (χ1v) is 6.80. The van der Waals surface area contributed by atoms with Gasteiger partial charge in [0.1, 0.15) is 0 Å². The summed E-state index contributed by atoms with van der Waals surface area (Å²) in [5, 5.41) is 12.6. The zero-order valence-corrected chi connectivity index (χ0v) is 10.2. The minimum absolute atomic E-state index is 0.174. The van der Waals surface area contributed by atoms with Gasteiger partial charge in [0, 0.05) is 5.92 Å².